The molecule has 80 valence electrons. The molecule has 5 nitrogen and oxygen atoms in total. The van der Waals surface area contributed by atoms with Crippen molar-refractivity contribution in [3.8, 4) is 0 Å². The average molecular weight is 216 g/mol. The molecule has 0 aliphatic rings. The van der Waals surface area contributed by atoms with Crippen molar-refractivity contribution in [3.05, 3.63) is 48.3 Å². The first kappa shape index (κ1) is 10.1. The van der Waals surface area contributed by atoms with Crippen LogP contribution >= 0.6 is 0 Å². The van der Waals surface area contributed by atoms with E-state index in [2.05, 4.69) is 9.98 Å². The van der Waals surface area contributed by atoms with Gasteiger partial charge in [0.15, 0.2) is 0 Å². The molecule has 16 heavy (non-hydrogen) atoms. The monoisotopic (exact) mass is 216 g/mol. The number of furan rings is 2. The second-order valence-electron chi connectivity index (χ2n) is 2.83. The van der Waals surface area contributed by atoms with Crippen molar-refractivity contribution in [3.63, 3.8) is 0 Å². The minimum Gasteiger partial charge on any atom is -0.463 e. The molecule has 0 saturated heterocycles. The fourth-order valence-corrected chi connectivity index (χ4v) is 1.00. The number of rotatable bonds is 2. The molecule has 2 rings (SSSR count). The smallest absolute Gasteiger partial charge is 0.367 e. The Labute approximate surface area is 91.1 Å². The summed E-state index contributed by atoms with van der Waals surface area (Å²) in [6.07, 6.45) is 5.61. The van der Waals surface area contributed by atoms with E-state index >= 15 is 0 Å². The van der Waals surface area contributed by atoms with Gasteiger partial charge in [-0.25, -0.2) is 4.79 Å². The Morgan fingerprint density at radius 2 is 1.50 bits per heavy atom. The van der Waals surface area contributed by atoms with E-state index in [9.17, 15) is 4.79 Å². The molecule has 0 bridgehead atoms. The molecule has 0 saturated carbocycles. The molecule has 2 aromatic rings. The third-order valence-corrected chi connectivity index (χ3v) is 1.69. The maximum atomic E-state index is 11.2. The number of nitrogens with zero attached hydrogens (tertiary/aromatic N) is 2. The molecule has 0 aliphatic carbocycles. The summed E-state index contributed by atoms with van der Waals surface area (Å²) in [5.74, 6) is 1.00. The van der Waals surface area contributed by atoms with Crippen LogP contribution in [0, 0.1) is 0 Å². The summed E-state index contributed by atoms with van der Waals surface area (Å²) in [5, 5.41) is 0. The SMILES string of the molecule is O=C(N=Cc1ccco1)N=Cc1ccco1. The Hall–Kier alpha value is -2.43. The van der Waals surface area contributed by atoms with Crippen LogP contribution in [-0.2, 0) is 0 Å². The number of hydrogen-bond acceptors (Lipinski definition) is 3. The molecule has 2 amide bonds. The lowest BCUT2D eigenvalue weighted by Crippen LogP contribution is -1.88. The molecule has 0 N–H and O–H groups in total. The van der Waals surface area contributed by atoms with Crippen LogP contribution in [0.2, 0.25) is 0 Å². The van der Waals surface area contributed by atoms with Crippen LogP contribution < -0.4 is 0 Å². The number of urea groups is 1. The van der Waals surface area contributed by atoms with Crippen molar-refractivity contribution in [2.75, 3.05) is 0 Å². The third kappa shape index (κ3) is 2.78. The van der Waals surface area contributed by atoms with Crippen molar-refractivity contribution < 1.29 is 13.6 Å². The van der Waals surface area contributed by atoms with Crippen LogP contribution in [0.15, 0.2) is 55.6 Å². The van der Waals surface area contributed by atoms with Gasteiger partial charge in [0.2, 0.25) is 0 Å². The van der Waals surface area contributed by atoms with Gasteiger partial charge in [-0.05, 0) is 24.3 Å². The Kier molecular flexibility index (Phi) is 3.08. The quantitative estimate of drug-likeness (QED) is 0.724. The highest BCUT2D eigenvalue weighted by Crippen LogP contribution is 1.97. The highest BCUT2D eigenvalue weighted by Gasteiger charge is 1.95. The number of hydrogen-bond donors (Lipinski definition) is 0. The van der Waals surface area contributed by atoms with Gasteiger partial charge in [0, 0.05) is 0 Å². The molecule has 2 aromatic heterocycles. The molecule has 0 aromatic carbocycles. The predicted octanol–water partition coefficient (Wildman–Crippen LogP) is 2.53. The van der Waals surface area contributed by atoms with Crippen molar-refractivity contribution in [2.24, 2.45) is 9.98 Å². The Bertz CT molecular complexity index is 449. The minimum atomic E-state index is -0.618. The van der Waals surface area contributed by atoms with Gasteiger partial charge in [0.25, 0.3) is 0 Å². The van der Waals surface area contributed by atoms with Crippen molar-refractivity contribution in [2.45, 2.75) is 0 Å². The maximum Gasteiger partial charge on any atom is 0.367 e. The van der Waals surface area contributed by atoms with Crippen molar-refractivity contribution in [1.82, 2.24) is 0 Å². The third-order valence-electron chi connectivity index (χ3n) is 1.69. The fourth-order valence-electron chi connectivity index (χ4n) is 1.00. The highest BCUT2D eigenvalue weighted by molar-refractivity contribution is 5.95. The standard InChI is InChI=1S/C11H8N2O3/c14-11(12-7-9-3-1-5-15-9)13-8-10-4-2-6-16-10/h1-8H. The molecule has 0 aliphatic heterocycles. The largest absolute Gasteiger partial charge is 0.463 e. The van der Waals surface area contributed by atoms with E-state index in [1.807, 2.05) is 0 Å². The summed E-state index contributed by atoms with van der Waals surface area (Å²) in [4.78, 5) is 18.3. The van der Waals surface area contributed by atoms with E-state index < -0.39 is 6.03 Å². The van der Waals surface area contributed by atoms with Gasteiger partial charge >= 0.3 is 6.03 Å². The summed E-state index contributed by atoms with van der Waals surface area (Å²) in [6.45, 7) is 0. The molecule has 0 atom stereocenters. The van der Waals surface area contributed by atoms with Crippen LogP contribution in [-0.4, -0.2) is 18.5 Å². The number of amides is 2. The number of carbonyl (C=O) groups excluding carboxylic acids is 1. The van der Waals surface area contributed by atoms with E-state index in [1.165, 1.54) is 25.0 Å². The van der Waals surface area contributed by atoms with Crippen molar-refractivity contribution >= 4 is 18.5 Å². The Morgan fingerprint density at radius 3 is 1.88 bits per heavy atom. The molecular formula is C11H8N2O3. The molecule has 0 radical (unpaired) electrons. The van der Waals surface area contributed by atoms with E-state index in [0.717, 1.165) is 0 Å². The van der Waals surface area contributed by atoms with Crippen LogP contribution in [0.1, 0.15) is 11.5 Å². The first-order chi connectivity index (χ1) is 7.84. The van der Waals surface area contributed by atoms with Crippen LogP contribution in [0.25, 0.3) is 0 Å². The normalized spacial score (nSPS) is 11.5. The average Bonchev–Trinajstić information content (AvgIpc) is 2.96. The lowest BCUT2D eigenvalue weighted by atomic mass is 10.5. The zero-order valence-electron chi connectivity index (χ0n) is 8.24. The van der Waals surface area contributed by atoms with Gasteiger partial charge in [-0.3, -0.25) is 0 Å². The van der Waals surface area contributed by atoms with E-state index in [0.29, 0.717) is 11.5 Å². The maximum absolute atomic E-state index is 11.2. The second-order valence-corrected chi connectivity index (χ2v) is 2.83. The van der Waals surface area contributed by atoms with Gasteiger partial charge in [0.1, 0.15) is 11.5 Å². The zero-order chi connectivity index (χ0) is 11.2. The van der Waals surface area contributed by atoms with Crippen LogP contribution in [0.5, 0.6) is 0 Å². The molecule has 0 unspecified atom stereocenters. The predicted molar refractivity (Wildman–Crippen MR) is 58.0 cm³/mol. The van der Waals surface area contributed by atoms with E-state index in [-0.39, 0.29) is 0 Å². The van der Waals surface area contributed by atoms with Crippen molar-refractivity contribution in [1.29, 1.82) is 0 Å². The van der Waals surface area contributed by atoms with Crippen LogP contribution in [0.3, 0.4) is 0 Å². The second kappa shape index (κ2) is 4.88. The summed E-state index contributed by atoms with van der Waals surface area (Å²) in [5.41, 5.74) is 0. The zero-order valence-corrected chi connectivity index (χ0v) is 8.24. The summed E-state index contributed by atoms with van der Waals surface area (Å²) < 4.78 is 9.92. The lowest BCUT2D eigenvalue weighted by Gasteiger charge is -1.83. The molecule has 0 fully saturated rings. The lowest BCUT2D eigenvalue weighted by molar-refractivity contribution is 0.257. The molecule has 5 heteroatoms. The number of aliphatic imine (C=N–C) groups is 2. The molecule has 2 heterocycles. The van der Waals surface area contributed by atoms with Gasteiger partial charge in [-0.1, -0.05) is 0 Å². The first-order valence-electron chi connectivity index (χ1n) is 4.54. The summed E-state index contributed by atoms with van der Waals surface area (Å²) >= 11 is 0. The summed E-state index contributed by atoms with van der Waals surface area (Å²) in [6, 6.07) is 6.17. The van der Waals surface area contributed by atoms with Gasteiger partial charge < -0.3 is 8.83 Å². The topological polar surface area (TPSA) is 68.1 Å². The summed E-state index contributed by atoms with van der Waals surface area (Å²) in [7, 11) is 0. The van der Waals surface area contributed by atoms with Gasteiger partial charge in [-0.15, -0.1) is 0 Å². The fraction of sp³-hybridized carbons (Fsp3) is 0. The van der Waals surface area contributed by atoms with E-state index in [4.69, 9.17) is 8.83 Å². The van der Waals surface area contributed by atoms with E-state index in [1.54, 1.807) is 24.3 Å². The number of carbonyl (C=O) groups is 1. The molecule has 0 spiro atoms. The van der Waals surface area contributed by atoms with Gasteiger partial charge in [-0.2, -0.15) is 9.98 Å². The van der Waals surface area contributed by atoms with Crippen LogP contribution in [0.4, 0.5) is 4.79 Å². The Morgan fingerprint density at radius 1 is 1.00 bits per heavy atom. The highest BCUT2D eigenvalue weighted by atomic mass is 16.3. The first-order valence-corrected chi connectivity index (χ1v) is 4.54. The minimum absolute atomic E-state index is 0.501. The molecular weight excluding hydrogens is 208 g/mol. The Balaban J connectivity index is 1.94. The van der Waals surface area contributed by atoms with Gasteiger partial charge in [0.05, 0.1) is 25.0 Å².